The molecule has 5 unspecified atom stereocenters. The van der Waals surface area contributed by atoms with Gasteiger partial charge in [0, 0.05) is 29.7 Å². The maximum absolute atomic E-state index is 10.2. The van der Waals surface area contributed by atoms with Gasteiger partial charge in [0.2, 0.25) is 6.29 Å². The van der Waals surface area contributed by atoms with Crippen molar-refractivity contribution in [3.8, 4) is 5.75 Å². The van der Waals surface area contributed by atoms with Crippen LogP contribution in [0.15, 0.2) is 24.4 Å². The molecular formula is C21H32N2O5. The van der Waals surface area contributed by atoms with Crippen LogP contribution in [0, 0.1) is 0 Å². The van der Waals surface area contributed by atoms with Gasteiger partial charge in [0.15, 0.2) is 0 Å². The van der Waals surface area contributed by atoms with E-state index in [9.17, 15) is 15.3 Å². The first-order valence-electron chi connectivity index (χ1n) is 10.0. The van der Waals surface area contributed by atoms with Crippen LogP contribution in [0.5, 0.6) is 5.75 Å². The molecule has 1 aromatic heterocycles. The molecule has 4 N–H and O–H groups in total. The van der Waals surface area contributed by atoms with Gasteiger partial charge in [-0.2, -0.15) is 0 Å². The Morgan fingerprint density at radius 3 is 2.61 bits per heavy atom. The molecule has 1 fully saturated rings. The van der Waals surface area contributed by atoms with E-state index in [1.807, 2.05) is 18.3 Å². The molecule has 0 spiro atoms. The number of aromatic nitrogens is 1. The zero-order chi connectivity index (χ0) is 20.4. The zero-order valence-electron chi connectivity index (χ0n) is 17.0. The molecule has 0 amide bonds. The van der Waals surface area contributed by atoms with Crippen LogP contribution in [0.25, 0.3) is 10.9 Å². The van der Waals surface area contributed by atoms with E-state index in [-0.39, 0.29) is 0 Å². The molecule has 5 atom stereocenters. The maximum Gasteiger partial charge on any atom is 0.229 e. The molecule has 7 heteroatoms. The number of aliphatic hydroxyl groups excluding tert-OH is 3. The number of H-pyrrole nitrogens is 1. The van der Waals surface area contributed by atoms with Gasteiger partial charge >= 0.3 is 0 Å². The molecule has 0 saturated carbocycles. The van der Waals surface area contributed by atoms with Gasteiger partial charge in [0.05, 0.1) is 6.10 Å². The normalized spacial score (nSPS) is 28.4. The first-order valence-corrected chi connectivity index (χ1v) is 10.0. The standard InChI is InChI=1S/C21H32N2O5/c1-5-23(12(2)3)9-8-14-11-22-17-7-6-15(10-16(14)17)28-21-20(26)19(25)18(24)13(4)27-21/h6-7,10-13,18-22,24-26H,5,8-9H2,1-4H3. The first-order chi connectivity index (χ1) is 13.3. The Morgan fingerprint density at radius 1 is 1.18 bits per heavy atom. The van der Waals surface area contributed by atoms with Crippen molar-refractivity contribution in [1.82, 2.24) is 9.88 Å². The summed E-state index contributed by atoms with van der Waals surface area (Å²) in [6.07, 6.45) is -2.50. The van der Waals surface area contributed by atoms with Crippen LogP contribution in [-0.4, -0.2) is 75.0 Å². The molecule has 3 rings (SSSR count). The Labute approximate surface area is 165 Å². The summed E-state index contributed by atoms with van der Waals surface area (Å²) in [5, 5.41) is 31.0. The molecule has 1 aromatic carbocycles. The Balaban J connectivity index is 1.75. The largest absolute Gasteiger partial charge is 0.462 e. The van der Waals surface area contributed by atoms with Gasteiger partial charge in [-0.05, 0) is 57.5 Å². The predicted molar refractivity (Wildman–Crippen MR) is 107 cm³/mol. The minimum atomic E-state index is -1.32. The third kappa shape index (κ3) is 4.34. The zero-order valence-corrected chi connectivity index (χ0v) is 17.0. The third-order valence-corrected chi connectivity index (χ3v) is 5.60. The average molecular weight is 392 g/mol. The molecule has 28 heavy (non-hydrogen) atoms. The van der Waals surface area contributed by atoms with E-state index < -0.39 is 30.7 Å². The lowest BCUT2D eigenvalue weighted by Crippen LogP contribution is -2.58. The number of nitrogens with one attached hydrogen (secondary N) is 1. The van der Waals surface area contributed by atoms with E-state index in [4.69, 9.17) is 9.47 Å². The number of hydrogen-bond acceptors (Lipinski definition) is 6. The number of rotatable bonds is 7. The highest BCUT2D eigenvalue weighted by Crippen LogP contribution is 2.28. The van der Waals surface area contributed by atoms with Crippen molar-refractivity contribution in [3.63, 3.8) is 0 Å². The number of ether oxygens (including phenoxy) is 2. The van der Waals surface area contributed by atoms with Gasteiger partial charge in [0.1, 0.15) is 24.1 Å². The van der Waals surface area contributed by atoms with Gasteiger partial charge in [-0.15, -0.1) is 0 Å². The Hall–Kier alpha value is -1.64. The number of aliphatic hydroxyl groups is 3. The summed E-state index contributed by atoms with van der Waals surface area (Å²) in [5.41, 5.74) is 2.22. The van der Waals surface area contributed by atoms with E-state index in [0.717, 1.165) is 30.4 Å². The average Bonchev–Trinajstić information content (AvgIpc) is 3.07. The quantitative estimate of drug-likeness (QED) is 0.572. The molecule has 0 bridgehead atoms. The monoisotopic (exact) mass is 392 g/mol. The molecule has 7 nitrogen and oxygen atoms in total. The summed E-state index contributed by atoms with van der Waals surface area (Å²) in [5.74, 6) is 0.546. The SMILES string of the molecule is CCN(CCc1c[nH]c2ccc(OC3OC(C)C(O)C(O)C3O)cc12)C(C)C. The summed E-state index contributed by atoms with van der Waals surface area (Å²) in [7, 11) is 0. The van der Waals surface area contributed by atoms with Crippen LogP contribution in [0.4, 0.5) is 0 Å². The number of aromatic amines is 1. The fourth-order valence-corrected chi connectivity index (χ4v) is 3.73. The molecule has 0 radical (unpaired) electrons. The van der Waals surface area contributed by atoms with Gasteiger partial charge in [0.25, 0.3) is 0 Å². The second kappa shape index (κ2) is 8.80. The van der Waals surface area contributed by atoms with E-state index in [1.165, 1.54) is 5.56 Å². The van der Waals surface area contributed by atoms with Crippen LogP contribution >= 0.6 is 0 Å². The predicted octanol–water partition coefficient (Wildman–Crippen LogP) is 1.65. The number of hydrogen-bond donors (Lipinski definition) is 4. The van der Waals surface area contributed by atoms with Crippen LogP contribution in [0.2, 0.25) is 0 Å². The number of benzene rings is 1. The van der Waals surface area contributed by atoms with Crippen molar-refractivity contribution in [2.24, 2.45) is 0 Å². The first kappa shape index (κ1) is 21.1. The summed E-state index contributed by atoms with van der Waals surface area (Å²) in [4.78, 5) is 5.71. The molecular weight excluding hydrogens is 360 g/mol. The maximum atomic E-state index is 10.2. The number of likely N-dealkylation sites (N-methyl/N-ethyl adjacent to an activating group) is 1. The van der Waals surface area contributed by atoms with Crippen molar-refractivity contribution in [2.45, 2.75) is 70.9 Å². The summed E-state index contributed by atoms with van der Waals surface area (Å²) >= 11 is 0. The van der Waals surface area contributed by atoms with Crippen molar-refractivity contribution in [3.05, 3.63) is 30.0 Å². The topological polar surface area (TPSA) is 98.2 Å². The van der Waals surface area contributed by atoms with E-state index in [2.05, 4.69) is 30.7 Å². The van der Waals surface area contributed by atoms with Crippen LogP contribution in [0.3, 0.4) is 0 Å². The Bertz CT molecular complexity index is 777. The Morgan fingerprint density at radius 2 is 1.93 bits per heavy atom. The number of nitrogens with zero attached hydrogens (tertiary/aromatic N) is 1. The molecule has 1 aliphatic heterocycles. The van der Waals surface area contributed by atoms with Gasteiger partial charge < -0.3 is 34.7 Å². The van der Waals surface area contributed by atoms with Crippen molar-refractivity contribution in [1.29, 1.82) is 0 Å². The fourth-order valence-electron chi connectivity index (χ4n) is 3.73. The minimum Gasteiger partial charge on any atom is -0.462 e. The lowest BCUT2D eigenvalue weighted by molar-refractivity contribution is -0.268. The molecule has 156 valence electrons. The molecule has 0 aliphatic carbocycles. The van der Waals surface area contributed by atoms with Crippen LogP contribution < -0.4 is 4.74 Å². The highest BCUT2D eigenvalue weighted by atomic mass is 16.7. The lowest BCUT2D eigenvalue weighted by Gasteiger charge is -2.38. The van der Waals surface area contributed by atoms with Gasteiger partial charge in [-0.25, -0.2) is 0 Å². The second-order valence-electron chi connectivity index (χ2n) is 7.79. The van der Waals surface area contributed by atoms with E-state index in [1.54, 1.807) is 13.0 Å². The highest BCUT2D eigenvalue weighted by Gasteiger charge is 2.43. The Kier molecular flexibility index (Phi) is 6.62. The van der Waals surface area contributed by atoms with Crippen molar-refractivity contribution < 1.29 is 24.8 Å². The summed E-state index contributed by atoms with van der Waals surface area (Å²) < 4.78 is 11.3. The van der Waals surface area contributed by atoms with Gasteiger partial charge in [-0.3, -0.25) is 0 Å². The van der Waals surface area contributed by atoms with Gasteiger partial charge in [-0.1, -0.05) is 6.92 Å². The molecule has 1 aliphatic rings. The minimum absolute atomic E-state index is 0.503. The third-order valence-electron chi connectivity index (χ3n) is 5.60. The smallest absolute Gasteiger partial charge is 0.229 e. The highest BCUT2D eigenvalue weighted by molar-refractivity contribution is 5.84. The second-order valence-corrected chi connectivity index (χ2v) is 7.79. The number of fused-ring (bicyclic) bond motifs is 1. The summed E-state index contributed by atoms with van der Waals surface area (Å²) in [6, 6.07) is 6.15. The van der Waals surface area contributed by atoms with E-state index in [0.29, 0.717) is 11.8 Å². The molecule has 2 aromatic rings. The molecule has 1 saturated heterocycles. The van der Waals surface area contributed by atoms with Crippen molar-refractivity contribution >= 4 is 10.9 Å². The molecule has 2 heterocycles. The van der Waals surface area contributed by atoms with Crippen molar-refractivity contribution in [2.75, 3.05) is 13.1 Å². The fraction of sp³-hybridized carbons (Fsp3) is 0.619. The van der Waals surface area contributed by atoms with Crippen LogP contribution in [-0.2, 0) is 11.2 Å². The van der Waals surface area contributed by atoms with Crippen LogP contribution in [0.1, 0.15) is 33.3 Å². The summed E-state index contributed by atoms with van der Waals surface area (Å²) in [6.45, 7) is 10.2. The van der Waals surface area contributed by atoms with E-state index >= 15 is 0 Å². The lowest BCUT2D eigenvalue weighted by atomic mass is 10.00.